The molecule has 6 heteroatoms. The van der Waals surface area contributed by atoms with Crippen LogP contribution >= 0.6 is 0 Å². The van der Waals surface area contributed by atoms with Gasteiger partial charge in [-0.15, -0.1) is 0 Å². The molecule has 160 valence electrons. The molecule has 0 bridgehead atoms. The van der Waals surface area contributed by atoms with Gasteiger partial charge in [-0.1, -0.05) is 6.42 Å². The van der Waals surface area contributed by atoms with Crippen molar-refractivity contribution in [2.75, 3.05) is 26.7 Å². The lowest BCUT2D eigenvalue weighted by Crippen LogP contribution is -2.43. The van der Waals surface area contributed by atoms with Crippen LogP contribution in [-0.4, -0.2) is 58.1 Å². The predicted octanol–water partition coefficient (Wildman–Crippen LogP) is 3.60. The molecule has 0 N–H and O–H groups in total. The lowest BCUT2D eigenvalue weighted by molar-refractivity contribution is -0.135. The summed E-state index contributed by atoms with van der Waals surface area (Å²) in [5.74, 6) is 0.917. The molecule has 1 unspecified atom stereocenters. The van der Waals surface area contributed by atoms with E-state index in [0.29, 0.717) is 17.4 Å². The summed E-state index contributed by atoms with van der Waals surface area (Å²) >= 11 is 0. The number of rotatable bonds is 3. The third-order valence-electron chi connectivity index (χ3n) is 6.72. The molecular formula is C24H32N4O2. The third-order valence-corrected chi connectivity index (χ3v) is 6.72. The second kappa shape index (κ2) is 8.62. The maximum absolute atomic E-state index is 13.0. The molecule has 1 aromatic heterocycles. The van der Waals surface area contributed by atoms with Crippen LogP contribution in [0.15, 0.2) is 30.3 Å². The van der Waals surface area contributed by atoms with Crippen LogP contribution in [0.2, 0.25) is 0 Å². The van der Waals surface area contributed by atoms with Gasteiger partial charge in [0, 0.05) is 43.9 Å². The van der Waals surface area contributed by atoms with Crippen molar-refractivity contribution in [1.29, 1.82) is 0 Å². The number of amides is 2. The summed E-state index contributed by atoms with van der Waals surface area (Å²) in [7, 11) is 1.93. The fourth-order valence-electron chi connectivity index (χ4n) is 4.99. The van der Waals surface area contributed by atoms with E-state index in [9.17, 15) is 9.59 Å². The quantitative estimate of drug-likeness (QED) is 0.780. The minimum atomic E-state index is 0.0812. The van der Waals surface area contributed by atoms with Gasteiger partial charge in [0.05, 0.1) is 11.4 Å². The number of likely N-dealkylation sites (tertiary alicyclic amines) is 2. The van der Waals surface area contributed by atoms with E-state index in [4.69, 9.17) is 0 Å². The molecule has 6 nitrogen and oxygen atoms in total. The van der Waals surface area contributed by atoms with Crippen molar-refractivity contribution in [3.8, 4) is 5.69 Å². The fourth-order valence-corrected chi connectivity index (χ4v) is 4.99. The molecular weight excluding hydrogens is 376 g/mol. The predicted molar refractivity (Wildman–Crippen MR) is 117 cm³/mol. The van der Waals surface area contributed by atoms with E-state index >= 15 is 0 Å². The molecule has 1 atom stereocenters. The molecule has 2 saturated heterocycles. The summed E-state index contributed by atoms with van der Waals surface area (Å²) in [5, 5.41) is 4.51. The number of piperidine rings is 1. The Hall–Kier alpha value is -2.63. The Morgan fingerprint density at radius 2 is 1.70 bits per heavy atom. The van der Waals surface area contributed by atoms with Gasteiger partial charge in [-0.2, -0.15) is 5.10 Å². The number of hydrogen-bond donors (Lipinski definition) is 0. The van der Waals surface area contributed by atoms with Crippen molar-refractivity contribution in [3.05, 3.63) is 47.3 Å². The van der Waals surface area contributed by atoms with Crippen molar-refractivity contribution >= 4 is 11.8 Å². The molecule has 3 heterocycles. The van der Waals surface area contributed by atoms with E-state index < -0.39 is 0 Å². The van der Waals surface area contributed by atoms with Crippen LogP contribution in [0.25, 0.3) is 5.69 Å². The smallest absolute Gasteiger partial charge is 0.253 e. The number of carbonyl (C=O) groups is 2. The number of benzene rings is 1. The highest BCUT2D eigenvalue weighted by atomic mass is 16.2. The van der Waals surface area contributed by atoms with Gasteiger partial charge in [0.25, 0.3) is 5.91 Å². The Morgan fingerprint density at radius 1 is 1.00 bits per heavy atom. The normalized spacial score (nSPS) is 21.0. The molecule has 0 radical (unpaired) electrons. The molecule has 2 amide bonds. The minimum Gasteiger partial charge on any atom is -0.346 e. The molecule has 1 aromatic carbocycles. The number of carbonyl (C=O) groups excluding carboxylic acids is 2. The van der Waals surface area contributed by atoms with E-state index in [1.54, 1.807) is 0 Å². The first-order valence-electron chi connectivity index (χ1n) is 11.1. The van der Waals surface area contributed by atoms with Crippen LogP contribution in [0.4, 0.5) is 0 Å². The average molecular weight is 409 g/mol. The first-order valence-corrected chi connectivity index (χ1v) is 11.1. The maximum Gasteiger partial charge on any atom is 0.253 e. The highest BCUT2D eigenvalue weighted by Gasteiger charge is 2.35. The second-order valence-electron chi connectivity index (χ2n) is 8.88. The Labute approximate surface area is 178 Å². The monoisotopic (exact) mass is 408 g/mol. The number of aryl methyl sites for hydroxylation is 2. The zero-order valence-corrected chi connectivity index (χ0v) is 18.3. The lowest BCUT2D eigenvalue weighted by atomic mass is 9.81. The standard InChI is InChI=1S/C24H32N4O2/c1-17-16-18(2)28(25-17)21-9-7-20(8-10-21)23(29)27-14-11-19(12-15-27)22-6-4-5-13-26(3)24(22)30/h7-10,16,19,22H,4-6,11-15H2,1-3H3. The minimum absolute atomic E-state index is 0.0812. The van der Waals surface area contributed by atoms with Gasteiger partial charge in [-0.3, -0.25) is 9.59 Å². The molecule has 0 spiro atoms. The molecule has 2 fully saturated rings. The third kappa shape index (κ3) is 4.13. The van der Waals surface area contributed by atoms with E-state index in [0.717, 1.165) is 68.8 Å². The van der Waals surface area contributed by atoms with Gasteiger partial charge in [0.15, 0.2) is 0 Å². The molecule has 2 aliphatic heterocycles. The highest BCUT2D eigenvalue weighted by molar-refractivity contribution is 5.94. The molecule has 4 rings (SSSR count). The van der Waals surface area contributed by atoms with Crippen LogP contribution < -0.4 is 0 Å². The Kier molecular flexibility index (Phi) is 5.93. The van der Waals surface area contributed by atoms with Gasteiger partial charge in [-0.05, 0) is 75.8 Å². The summed E-state index contributed by atoms with van der Waals surface area (Å²) in [5.41, 5.74) is 3.73. The molecule has 0 saturated carbocycles. The van der Waals surface area contributed by atoms with Crippen molar-refractivity contribution in [1.82, 2.24) is 19.6 Å². The van der Waals surface area contributed by atoms with Crippen molar-refractivity contribution < 1.29 is 9.59 Å². The summed E-state index contributed by atoms with van der Waals surface area (Å²) < 4.78 is 1.90. The van der Waals surface area contributed by atoms with Crippen molar-refractivity contribution in [2.45, 2.75) is 46.0 Å². The van der Waals surface area contributed by atoms with Gasteiger partial charge < -0.3 is 9.80 Å². The first-order chi connectivity index (χ1) is 14.4. The zero-order valence-electron chi connectivity index (χ0n) is 18.3. The van der Waals surface area contributed by atoms with Gasteiger partial charge in [0.1, 0.15) is 0 Å². The van der Waals surface area contributed by atoms with E-state index in [2.05, 4.69) is 5.10 Å². The molecule has 0 aliphatic carbocycles. The Balaban J connectivity index is 1.38. The number of aromatic nitrogens is 2. The van der Waals surface area contributed by atoms with E-state index in [1.165, 1.54) is 0 Å². The van der Waals surface area contributed by atoms with Crippen LogP contribution in [-0.2, 0) is 4.79 Å². The Bertz CT molecular complexity index is 910. The summed E-state index contributed by atoms with van der Waals surface area (Å²) in [6.07, 6.45) is 5.06. The Morgan fingerprint density at radius 3 is 2.33 bits per heavy atom. The van der Waals surface area contributed by atoms with Crippen molar-refractivity contribution in [2.24, 2.45) is 11.8 Å². The number of nitrogens with zero attached hydrogens (tertiary/aromatic N) is 4. The molecule has 30 heavy (non-hydrogen) atoms. The fraction of sp³-hybridized carbons (Fsp3) is 0.542. The number of hydrogen-bond acceptors (Lipinski definition) is 3. The summed E-state index contributed by atoms with van der Waals surface area (Å²) in [6.45, 7) is 6.35. The van der Waals surface area contributed by atoms with Gasteiger partial charge in [-0.25, -0.2) is 4.68 Å². The van der Waals surface area contributed by atoms with E-state index in [1.807, 2.05) is 65.7 Å². The average Bonchev–Trinajstić information content (AvgIpc) is 3.01. The first kappa shape index (κ1) is 20.6. The van der Waals surface area contributed by atoms with Crippen LogP contribution in [0.3, 0.4) is 0 Å². The van der Waals surface area contributed by atoms with Crippen LogP contribution in [0.1, 0.15) is 53.8 Å². The second-order valence-corrected chi connectivity index (χ2v) is 8.88. The maximum atomic E-state index is 13.0. The highest BCUT2D eigenvalue weighted by Crippen LogP contribution is 2.32. The zero-order chi connectivity index (χ0) is 21.3. The van der Waals surface area contributed by atoms with Crippen LogP contribution in [0, 0.1) is 25.7 Å². The summed E-state index contributed by atoms with van der Waals surface area (Å²) in [6, 6.07) is 9.74. The van der Waals surface area contributed by atoms with Gasteiger partial charge >= 0.3 is 0 Å². The van der Waals surface area contributed by atoms with Crippen LogP contribution in [0.5, 0.6) is 0 Å². The van der Waals surface area contributed by atoms with Crippen molar-refractivity contribution in [3.63, 3.8) is 0 Å². The lowest BCUT2D eigenvalue weighted by Gasteiger charge is -2.36. The van der Waals surface area contributed by atoms with Gasteiger partial charge in [0.2, 0.25) is 5.91 Å². The summed E-state index contributed by atoms with van der Waals surface area (Å²) in [4.78, 5) is 29.5. The molecule has 2 aliphatic rings. The van der Waals surface area contributed by atoms with E-state index in [-0.39, 0.29) is 11.8 Å². The topological polar surface area (TPSA) is 58.4 Å². The molecule has 2 aromatic rings. The SMILES string of the molecule is Cc1cc(C)n(-c2ccc(C(=O)N3CCC(C4CCCCN(C)C4=O)CC3)cc2)n1. The largest absolute Gasteiger partial charge is 0.346 e.